The second-order valence-corrected chi connectivity index (χ2v) is 13.7. The second kappa shape index (κ2) is 14.5. The number of aliphatic hydroxyl groups excluding tert-OH is 1. The van der Waals surface area contributed by atoms with Crippen molar-refractivity contribution in [2.24, 2.45) is 5.92 Å². The lowest BCUT2D eigenvalue weighted by Gasteiger charge is -2.39. The molecule has 0 spiro atoms. The van der Waals surface area contributed by atoms with Crippen LogP contribution in [0.25, 0.3) is 11.1 Å². The Kier molecular flexibility index (Phi) is 10.0. The summed E-state index contributed by atoms with van der Waals surface area (Å²) in [5, 5.41) is 11.2. The highest BCUT2D eigenvalue weighted by Gasteiger charge is 2.35. The third-order valence-electron chi connectivity index (χ3n) is 10.1. The molecule has 0 bridgehead atoms. The van der Waals surface area contributed by atoms with Crippen molar-refractivity contribution in [2.75, 3.05) is 32.8 Å². The first-order chi connectivity index (χ1) is 23.0. The minimum Gasteiger partial charge on any atom is -0.485 e. The van der Waals surface area contributed by atoms with Gasteiger partial charge in [0.15, 0.2) is 24.1 Å². The Balaban J connectivity index is 1.29. The third-order valence-corrected chi connectivity index (χ3v) is 10.1. The van der Waals surface area contributed by atoms with E-state index in [-0.39, 0.29) is 5.82 Å². The van der Waals surface area contributed by atoms with E-state index in [1.807, 2.05) is 49.4 Å². The highest BCUT2D eigenvalue weighted by Crippen LogP contribution is 2.50. The average molecular weight is 646 g/mol. The predicted octanol–water partition coefficient (Wildman–Crippen LogP) is 8.05. The first-order valence-electron chi connectivity index (χ1n) is 17.7. The van der Waals surface area contributed by atoms with E-state index in [2.05, 4.69) is 11.8 Å². The standard InChI is InChI=1S/C39H48FNO6/c1-3-16-41-23-26(24-41)19-28-15-14-27(20-32(28)40)30-21-31(35-22-33(42)29-10-4-5-11-34(29)45-35)39(47-37-13-7-9-18-44-37)38(25(30)2)46-36-12-6-8-17-43-36/h4-5,10-11,14-15,20-21,26,33,35-37,42H,3,6-9,12-13,16-19,22-24H2,1-2H3. The SMILES string of the molecule is CCCN1CC(Cc2ccc(-c3cc(C4CC(O)c5ccccc5O4)c(OC4CCCCO4)c(OC4CCCCO4)c3C)cc2F)C1. The lowest BCUT2D eigenvalue weighted by Crippen LogP contribution is -2.47. The summed E-state index contributed by atoms with van der Waals surface area (Å²) in [5.74, 6) is 2.04. The molecule has 7 rings (SSSR count). The maximum absolute atomic E-state index is 15.8. The van der Waals surface area contributed by atoms with Gasteiger partial charge in [0, 0.05) is 49.0 Å². The number of para-hydroxylation sites is 1. The highest BCUT2D eigenvalue weighted by atomic mass is 19.1. The predicted molar refractivity (Wildman–Crippen MR) is 178 cm³/mol. The molecule has 4 heterocycles. The minimum absolute atomic E-state index is 0.190. The minimum atomic E-state index is -0.712. The third kappa shape index (κ3) is 7.16. The van der Waals surface area contributed by atoms with Crippen molar-refractivity contribution in [3.63, 3.8) is 0 Å². The fraction of sp³-hybridized carbons (Fsp3) is 0.538. The fourth-order valence-electron chi connectivity index (χ4n) is 7.51. The molecule has 4 aliphatic rings. The number of hydrogen-bond donors (Lipinski definition) is 1. The molecule has 3 saturated heterocycles. The quantitative estimate of drug-likeness (QED) is 0.239. The number of aliphatic hydroxyl groups is 1. The average Bonchev–Trinajstić information content (AvgIpc) is 3.07. The van der Waals surface area contributed by atoms with Gasteiger partial charge in [-0.3, -0.25) is 0 Å². The van der Waals surface area contributed by atoms with E-state index in [9.17, 15) is 5.11 Å². The number of ether oxygens (including phenoxy) is 5. The van der Waals surface area contributed by atoms with E-state index in [1.165, 1.54) is 0 Å². The van der Waals surface area contributed by atoms with Crippen molar-refractivity contribution in [3.8, 4) is 28.4 Å². The molecule has 0 saturated carbocycles. The largest absolute Gasteiger partial charge is 0.485 e. The summed E-state index contributed by atoms with van der Waals surface area (Å²) in [4.78, 5) is 2.43. The topological polar surface area (TPSA) is 69.6 Å². The zero-order valence-corrected chi connectivity index (χ0v) is 27.7. The molecule has 47 heavy (non-hydrogen) atoms. The molecule has 8 heteroatoms. The van der Waals surface area contributed by atoms with Gasteiger partial charge in [-0.15, -0.1) is 0 Å². The molecule has 252 valence electrons. The van der Waals surface area contributed by atoms with Crippen LogP contribution in [0.15, 0.2) is 48.5 Å². The molecule has 3 aromatic carbocycles. The zero-order chi connectivity index (χ0) is 32.3. The molecule has 3 fully saturated rings. The molecule has 0 radical (unpaired) electrons. The number of halogens is 1. The van der Waals surface area contributed by atoms with Crippen LogP contribution in [0.2, 0.25) is 0 Å². The number of rotatable bonds is 10. The summed E-state index contributed by atoms with van der Waals surface area (Å²) < 4.78 is 47.9. The fourth-order valence-corrected chi connectivity index (χ4v) is 7.51. The normalized spacial score (nSPS) is 25.0. The van der Waals surface area contributed by atoms with Gasteiger partial charge in [-0.25, -0.2) is 4.39 Å². The first-order valence-corrected chi connectivity index (χ1v) is 17.7. The lowest BCUT2D eigenvalue weighted by atomic mass is 9.88. The summed E-state index contributed by atoms with van der Waals surface area (Å²) in [5.41, 5.74) is 4.70. The summed E-state index contributed by atoms with van der Waals surface area (Å²) >= 11 is 0. The van der Waals surface area contributed by atoms with Crippen molar-refractivity contribution in [2.45, 2.75) is 96.4 Å². The van der Waals surface area contributed by atoms with Crippen LogP contribution in [0.5, 0.6) is 17.2 Å². The van der Waals surface area contributed by atoms with E-state index in [0.717, 1.165) is 104 Å². The molecule has 4 aliphatic heterocycles. The number of benzene rings is 3. The maximum atomic E-state index is 15.8. The Hall–Kier alpha value is -3.17. The first kappa shape index (κ1) is 32.4. The maximum Gasteiger partial charge on any atom is 0.200 e. The van der Waals surface area contributed by atoms with Crippen LogP contribution in [0.4, 0.5) is 4.39 Å². The van der Waals surface area contributed by atoms with Crippen LogP contribution < -0.4 is 14.2 Å². The van der Waals surface area contributed by atoms with E-state index in [0.29, 0.717) is 42.8 Å². The van der Waals surface area contributed by atoms with Gasteiger partial charge in [0.1, 0.15) is 17.7 Å². The van der Waals surface area contributed by atoms with E-state index in [4.69, 9.17) is 23.7 Å². The molecular formula is C39H48FNO6. The Labute approximate surface area is 277 Å². The van der Waals surface area contributed by atoms with Gasteiger partial charge in [-0.2, -0.15) is 0 Å². The van der Waals surface area contributed by atoms with Crippen molar-refractivity contribution in [1.82, 2.24) is 4.90 Å². The summed E-state index contributed by atoms with van der Waals surface area (Å²) in [7, 11) is 0. The lowest BCUT2D eigenvalue weighted by molar-refractivity contribution is -0.119. The van der Waals surface area contributed by atoms with E-state index < -0.39 is 24.8 Å². The van der Waals surface area contributed by atoms with Crippen LogP contribution in [0, 0.1) is 18.7 Å². The Morgan fingerprint density at radius 1 is 0.894 bits per heavy atom. The zero-order valence-electron chi connectivity index (χ0n) is 27.7. The molecular weight excluding hydrogens is 597 g/mol. The van der Waals surface area contributed by atoms with Crippen molar-refractivity contribution in [1.29, 1.82) is 0 Å². The van der Waals surface area contributed by atoms with Gasteiger partial charge in [0.25, 0.3) is 0 Å². The van der Waals surface area contributed by atoms with Gasteiger partial charge in [0.2, 0.25) is 0 Å². The van der Waals surface area contributed by atoms with Crippen LogP contribution in [0.3, 0.4) is 0 Å². The number of likely N-dealkylation sites (tertiary alicyclic amines) is 1. The molecule has 4 atom stereocenters. The molecule has 7 nitrogen and oxygen atoms in total. The summed E-state index contributed by atoms with van der Waals surface area (Å²) in [6, 6.07) is 15.2. The molecule has 0 amide bonds. The molecule has 0 aliphatic carbocycles. The van der Waals surface area contributed by atoms with Gasteiger partial charge in [-0.1, -0.05) is 37.3 Å². The van der Waals surface area contributed by atoms with Gasteiger partial charge >= 0.3 is 0 Å². The second-order valence-electron chi connectivity index (χ2n) is 13.7. The summed E-state index contributed by atoms with van der Waals surface area (Å²) in [6.45, 7) is 8.64. The van der Waals surface area contributed by atoms with Gasteiger partial charge in [-0.05, 0) is 92.8 Å². The van der Waals surface area contributed by atoms with E-state index >= 15 is 4.39 Å². The van der Waals surface area contributed by atoms with Gasteiger partial charge < -0.3 is 33.7 Å². The Bertz CT molecular complexity index is 1530. The Morgan fingerprint density at radius 3 is 2.30 bits per heavy atom. The van der Waals surface area contributed by atoms with E-state index in [1.54, 1.807) is 6.07 Å². The number of hydrogen-bond acceptors (Lipinski definition) is 7. The van der Waals surface area contributed by atoms with Crippen LogP contribution in [0.1, 0.15) is 92.8 Å². The monoisotopic (exact) mass is 645 g/mol. The Morgan fingerprint density at radius 2 is 1.62 bits per heavy atom. The summed E-state index contributed by atoms with van der Waals surface area (Å²) in [6.07, 6.45) is 5.68. The van der Waals surface area contributed by atoms with Crippen LogP contribution in [-0.4, -0.2) is 55.4 Å². The molecule has 0 aromatic heterocycles. The molecule has 1 N–H and O–H groups in total. The molecule has 3 aromatic rings. The van der Waals surface area contributed by atoms with Crippen LogP contribution in [-0.2, 0) is 15.9 Å². The van der Waals surface area contributed by atoms with Gasteiger partial charge in [0.05, 0.1) is 19.3 Å². The molecule has 4 unspecified atom stereocenters. The number of fused-ring (bicyclic) bond motifs is 1. The van der Waals surface area contributed by atoms with Crippen LogP contribution >= 0.6 is 0 Å². The number of nitrogens with zero attached hydrogens (tertiary/aromatic N) is 1. The van der Waals surface area contributed by atoms with Crippen molar-refractivity contribution < 1.29 is 33.2 Å². The highest BCUT2D eigenvalue weighted by molar-refractivity contribution is 5.75. The van der Waals surface area contributed by atoms with Crippen molar-refractivity contribution >= 4 is 0 Å². The van der Waals surface area contributed by atoms with Crippen molar-refractivity contribution in [3.05, 3.63) is 76.6 Å². The smallest absolute Gasteiger partial charge is 0.200 e.